The number of hydrogen-bond acceptors (Lipinski definition) is 3. The molecule has 1 N–H and O–H groups in total. The van der Waals surface area contributed by atoms with Crippen LogP contribution in [0.15, 0.2) is 48.5 Å². The molecule has 1 unspecified atom stereocenters. The first-order valence-electron chi connectivity index (χ1n) is 8.33. The van der Waals surface area contributed by atoms with E-state index in [1.807, 2.05) is 24.3 Å². The molecule has 1 aliphatic heterocycles. The third-order valence-corrected chi connectivity index (χ3v) is 4.24. The Labute approximate surface area is 143 Å². The monoisotopic (exact) mass is 324 g/mol. The van der Waals surface area contributed by atoms with Gasteiger partial charge in [0.05, 0.1) is 5.92 Å². The van der Waals surface area contributed by atoms with Crippen molar-refractivity contribution < 1.29 is 9.53 Å². The molecular formula is C20H24N2O2. The second-order valence-electron chi connectivity index (χ2n) is 6.59. The number of amides is 1. The number of nitrogens with zero attached hydrogens (tertiary/aromatic N) is 1. The van der Waals surface area contributed by atoms with Crippen molar-refractivity contribution in [2.45, 2.75) is 19.5 Å². The van der Waals surface area contributed by atoms with Gasteiger partial charge in [0.2, 0.25) is 5.91 Å². The number of ether oxygens (including phenoxy) is 1. The number of rotatable bonds is 5. The Kier molecular flexibility index (Phi) is 5.16. The minimum absolute atomic E-state index is 0.0573. The van der Waals surface area contributed by atoms with Crippen molar-refractivity contribution in [3.63, 3.8) is 0 Å². The molecule has 24 heavy (non-hydrogen) atoms. The van der Waals surface area contributed by atoms with E-state index in [1.54, 1.807) is 0 Å². The predicted molar refractivity (Wildman–Crippen MR) is 94.8 cm³/mol. The molecular weight excluding hydrogens is 300 g/mol. The maximum absolute atomic E-state index is 12.4. The molecule has 0 radical (unpaired) electrons. The van der Waals surface area contributed by atoms with Crippen LogP contribution in [-0.4, -0.2) is 31.5 Å². The lowest BCUT2D eigenvalue weighted by atomic mass is 9.96. The quantitative estimate of drug-likeness (QED) is 0.919. The van der Waals surface area contributed by atoms with Gasteiger partial charge in [0, 0.05) is 13.1 Å². The number of nitrogens with one attached hydrogen (secondary N) is 1. The summed E-state index contributed by atoms with van der Waals surface area (Å²) in [5.74, 6) is 0.841. The van der Waals surface area contributed by atoms with E-state index in [0.717, 1.165) is 29.8 Å². The molecule has 0 aromatic heterocycles. The van der Waals surface area contributed by atoms with Crippen molar-refractivity contribution in [3.05, 3.63) is 65.2 Å². The number of carbonyl (C=O) groups is 1. The number of carbonyl (C=O) groups excluding carboxylic acids is 1. The average Bonchev–Trinajstić information content (AvgIpc) is 2.60. The Morgan fingerprint density at radius 2 is 1.83 bits per heavy atom. The smallest absolute Gasteiger partial charge is 0.227 e. The summed E-state index contributed by atoms with van der Waals surface area (Å²) in [5.41, 5.74) is 3.49. The normalized spacial score (nSPS) is 16.4. The molecule has 2 aromatic carbocycles. The Balaban J connectivity index is 1.53. The summed E-state index contributed by atoms with van der Waals surface area (Å²) >= 11 is 0. The van der Waals surface area contributed by atoms with Crippen LogP contribution in [0.25, 0.3) is 0 Å². The molecule has 4 heteroatoms. The fourth-order valence-electron chi connectivity index (χ4n) is 2.96. The van der Waals surface area contributed by atoms with E-state index in [0.29, 0.717) is 13.2 Å². The highest BCUT2D eigenvalue weighted by molar-refractivity contribution is 5.79. The van der Waals surface area contributed by atoms with Gasteiger partial charge in [0.25, 0.3) is 0 Å². The average molecular weight is 324 g/mol. The SMILES string of the molecule is CN(C)Cc1ccc(CNC(=O)C2COc3ccccc3C2)cc1. The summed E-state index contributed by atoms with van der Waals surface area (Å²) in [6.07, 6.45) is 0.740. The number of fused-ring (bicyclic) bond motifs is 1. The zero-order chi connectivity index (χ0) is 16.9. The molecule has 1 aliphatic rings. The molecule has 0 saturated carbocycles. The van der Waals surface area contributed by atoms with E-state index in [2.05, 4.69) is 48.6 Å². The standard InChI is InChI=1S/C20H24N2O2/c1-22(2)13-16-9-7-15(8-10-16)12-21-20(23)18-11-17-5-3-4-6-19(17)24-14-18/h3-10,18H,11-14H2,1-2H3,(H,21,23). The Morgan fingerprint density at radius 3 is 2.58 bits per heavy atom. The second kappa shape index (κ2) is 7.49. The Hall–Kier alpha value is -2.33. The van der Waals surface area contributed by atoms with E-state index in [1.165, 1.54) is 5.56 Å². The van der Waals surface area contributed by atoms with E-state index < -0.39 is 0 Å². The second-order valence-corrected chi connectivity index (χ2v) is 6.59. The van der Waals surface area contributed by atoms with Gasteiger partial charge in [-0.2, -0.15) is 0 Å². The first-order chi connectivity index (χ1) is 11.6. The molecule has 2 aromatic rings. The molecule has 0 spiro atoms. The van der Waals surface area contributed by atoms with Crippen LogP contribution < -0.4 is 10.1 Å². The Morgan fingerprint density at radius 1 is 1.12 bits per heavy atom. The van der Waals surface area contributed by atoms with Crippen molar-refractivity contribution in [3.8, 4) is 5.75 Å². The summed E-state index contributed by atoms with van der Waals surface area (Å²) in [6, 6.07) is 16.3. The van der Waals surface area contributed by atoms with Crippen molar-refractivity contribution in [2.75, 3.05) is 20.7 Å². The van der Waals surface area contributed by atoms with Gasteiger partial charge in [-0.1, -0.05) is 42.5 Å². The largest absolute Gasteiger partial charge is 0.492 e. The zero-order valence-corrected chi connectivity index (χ0v) is 14.3. The van der Waals surface area contributed by atoms with E-state index >= 15 is 0 Å². The summed E-state index contributed by atoms with van der Waals surface area (Å²) in [5, 5.41) is 3.03. The first-order valence-corrected chi connectivity index (χ1v) is 8.33. The summed E-state index contributed by atoms with van der Waals surface area (Å²) in [4.78, 5) is 14.5. The van der Waals surface area contributed by atoms with E-state index in [9.17, 15) is 4.79 Å². The maximum Gasteiger partial charge on any atom is 0.227 e. The highest BCUT2D eigenvalue weighted by Crippen LogP contribution is 2.26. The molecule has 0 fully saturated rings. The molecule has 3 rings (SSSR count). The lowest BCUT2D eigenvalue weighted by Gasteiger charge is -2.24. The van der Waals surface area contributed by atoms with Crippen LogP contribution >= 0.6 is 0 Å². The van der Waals surface area contributed by atoms with Gasteiger partial charge >= 0.3 is 0 Å². The van der Waals surface area contributed by atoms with E-state index in [-0.39, 0.29) is 11.8 Å². The molecule has 1 atom stereocenters. The fourth-order valence-corrected chi connectivity index (χ4v) is 2.96. The van der Waals surface area contributed by atoms with Crippen molar-refractivity contribution in [2.24, 2.45) is 5.92 Å². The van der Waals surface area contributed by atoms with E-state index in [4.69, 9.17) is 4.74 Å². The van der Waals surface area contributed by atoms with Gasteiger partial charge < -0.3 is 15.0 Å². The van der Waals surface area contributed by atoms with Gasteiger partial charge in [-0.05, 0) is 43.3 Å². The van der Waals surface area contributed by atoms with Gasteiger partial charge in [0.15, 0.2) is 0 Å². The van der Waals surface area contributed by atoms with Crippen LogP contribution in [0.5, 0.6) is 5.75 Å². The highest BCUT2D eigenvalue weighted by atomic mass is 16.5. The fraction of sp³-hybridized carbons (Fsp3) is 0.350. The number of para-hydroxylation sites is 1. The molecule has 0 aliphatic carbocycles. The Bertz CT molecular complexity index is 695. The van der Waals surface area contributed by atoms with Crippen LogP contribution in [0.1, 0.15) is 16.7 Å². The third kappa shape index (κ3) is 4.15. The molecule has 4 nitrogen and oxygen atoms in total. The van der Waals surface area contributed by atoms with Crippen LogP contribution in [0, 0.1) is 5.92 Å². The molecule has 1 amide bonds. The molecule has 0 saturated heterocycles. The topological polar surface area (TPSA) is 41.6 Å². The van der Waals surface area contributed by atoms with Gasteiger partial charge in [-0.3, -0.25) is 4.79 Å². The van der Waals surface area contributed by atoms with Crippen LogP contribution in [0.4, 0.5) is 0 Å². The van der Waals surface area contributed by atoms with Crippen LogP contribution in [0.3, 0.4) is 0 Å². The molecule has 1 heterocycles. The van der Waals surface area contributed by atoms with Gasteiger partial charge in [-0.25, -0.2) is 0 Å². The first kappa shape index (κ1) is 16.5. The van der Waals surface area contributed by atoms with Gasteiger partial charge in [-0.15, -0.1) is 0 Å². The summed E-state index contributed by atoms with van der Waals surface area (Å²) in [7, 11) is 4.11. The zero-order valence-electron chi connectivity index (χ0n) is 14.3. The van der Waals surface area contributed by atoms with Crippen molar-refractivity contribution >= 4 is 5.91 Å². The van der Waals surface area contributed by atoms with Crippen LogP contribution in [-0.2, 0) is 24.3 Å². The maximum atomic E-state index is 12.4. The van der Waals surface area contributed by atoms with Crippen molar-refractivity contribution in [1.29, 1.82) is 0 Å². The summed E-state index contributed by atoms with van der Waals surface area (Å²) < 4.78 is 5.70. The van der Waals surface area contributed by atoms with Crippen molar-refractivity contribution in [1.82, 2.24) is 10.2 Å². The minimum atomic E-state index is -0.118. The number of benzene rings is 2. The number of hydrogen-bond donors (Lipinski definition) is 1. The third-order valence-electron chi connectivity index (χ3n) is 4.24. The summed E-state index contributed by atoms with van der Waals surface area (Å²) in [6.45, 7) is 1.93. The predicted octanol–water partition coefficient (Wildman–Crippen LogP) is 2.62. The van der Waals surface area contributed by atoms with Gasteiger partial charge in [0.1, 0.15) is 12.4 Å². The lowest BCUT2D eigenvalue weighted by molar-refractivity contribution is -0.126. The lowest BCUT2D eigenvalue weighted by Crippen LogP contribution is -2.37. The van der Waals surface area contributed by atoms with Crippen LogP contribution in [0.2, 0.25) is 0 Å². The molecule has 0 bridgehead atoms. The minimum Gasteiger partial charge on any atom is -0.492 e. The highest BCUT2D eigenvalue weighted by Gasteiger charge is 2.25. The molecule has 126 valence electrons.